The maximum atomic E-state index is 7.65. The van der Waals surface area contributed by atoms with E-state index in [1.54, 1.807) is 18.5 Å². The highest BCUT2D eigenvalue weighted by Gasteiger charge is 2.16. The van der Waals surface area contributed by atoms with Gasteiger partial charge in [0.1, 0.15) is 5.84 Å². The van der Waals surface area contributed by atoms with Gasteiger partial charge >= 0.3 is 0 Å². The zero-order chi connectivity index (χ0) is 14.7. The molecule has 1 aromatic heterocycles. The van der Waals surface area contributed by atoms with Gasteiger partial charge in [0.2, 0.25) is 0 Å². The van der Waals surface area contributed by atoms with Gasteiger partial charge in [0.15, 0.2) is 0 Å². The summed E-state index contributed by atoms with van der Waals surface area (Å²) in [6, 6.07) is 9.60. The highest BCUT2D eigenvalue weighted by Crippen LogP contribution is 2.27. The van der Waals surface area contributed by atoms with Gasteiger partial charge in [-0.2, -0.15) is 0 Å². The molecule has 1 unspecified atom stereocenters. The van der Waals surface area contributed by atoms with Gasteiger partial charge in [-0.25, -0.2) is 0 Å². The second-order valence-corrected chi connectivity index (χ2v) is 5.08. The Hall–Kier alpha value is -2.07. The molecule has 2 aromatic rings. The van der Waals surface area contributed by atoms with Gasteiger partial charge < -0.3 is 10.6 Å². The summed E-state index contributed by atoms with van der Waals surface area (Å²) in [5.41, 5.74) is 8.28. The van der Waals surface area contributed by atoms with E-state index >= 15 is 0 Å². The Morgan fingerprint density at radius 1 is 1.30 bits per heavy atom. The van der Waals surface area contributed by atoms with Crippen LogP contribution in [0.5, 0.6) is 0 Å². The second-order valence-electron chi connectivity index (χ2n) is 4.64. The van der Waals surface area contributed by atoms with Crippen LogP contribution in [0.1, 0.15) is 24.1 Å². The van der Waals surface area contributed by atoms with Crippen LogP contribution in [-0.2, 0) is 0 Å². The van der Waals surface area contributed by atoms with Crippen molar-refractivity contribution in [2.75, 3.05) is 11.9 Å². The molecule has 0 saturated heterocycles. The molecule has 4 nitrogen and oxygen atoms in total. The Balaban J connectivity index is 2.33. The molecule has 0 bridgehead atoms. The van der Waals surface area contributed by atoms with Crippen LogP contribution >= 0.6 is 11.6 Å². The molecule has 0 amide bonds. The molecule has 2 rings (SSSR count). The van der Waals surface area contributed by atoms with Gasteiger partial charge in [-0.3, -0.25) is 10.4 Å². The Labute approximate surface area is 123 Å². The Morgan fingerprint density at radius 3 is 2.55 bits per heavy atom. The van der Waals surface area contributed by atoms with E-state index in [4.69, 9.17) is 22.7 Å². The fraction of sp³-hybridized carbons (Fsp3) is 0.200. The molecule has 0 aliphatic rings. The number of pyridine rings is 1. The Kier molecular flexibility index (Phi) is 4.25. The van der Waals surface area contributed by atoms with Crippen molar-refractivity contribution in [1.29, 1.82) is 5.41 Å². The van der Waals surface area contributed by atoms with Crippen LogP contribution in [0.25, 0.3) is 0 Å². The van der Waals surface area contributed by atoms with Gasteiger partial charge in [0.05, 0.1) is 17.9 Å². The highest BCUT2D eigenvalue weighted by atomic mass is 35.5. The van der Waals surface area contributed by atoms with Crippen LogP contribution in [0, 0.1) is 5.41 Å². The number of nitrogens with two attached hydrogens (primary N) is 1. The first-order valence-corrected chi connectivity index (χ1v) is 6.65. The van der Waals surface area contributed by atoms with E-state index in [0.29, 0.717) is 5.56 Å². The average Bonchev–Trinajstić information content (AvgIpc) is 2.46. The van der Waals surface area contributed by atoms with E-state index in [2.05, 4.69) is 11.9 Å². The first-order valence-electron chi connectivity index (χ1n) is 6.27. The second kappa shape index (κ2) is 5.92. The molecule has 1 aromatic carbocycles. The van der Waals surface area contributed by atoms with Gasteiger partial charge in [-0.1, -0.05) is 23.7 Å². The molecular formula is C15H17ClN4. The number of hydrogen-bond donors (Lipinski definition) is 2. The minimum Gasteiger partial charge on any atom is -0.384 e. The normalized spacial score (nSPS) is 11.9. The number of hydrogen-bond acceptors (Lipinski definition) is 3. The Morgan fingerprint density at radius 2 is 1.95 bits per heavy atom. The molecule has 20 heavy (non-hydrogen) atoms. The van der Waals surface area contributed by atoms with E-state index in [0.717, 1.165) is 16.3 Å². The predicted molar refractivity (Wildman–Crippen MR) is 83.5 cm³/mol. The summed E-state index contributed by atoms with van der Waals surface area (Å²) in [5.74, 6) is 0.0394. The number of amidine groups is 1. The first kappa shape index (κ1) is 14.3. The lowest BCUT2D eigenvalue weighted by Gasteiger charge is -2.28. The van der Waals surface area contributed by atoms with E-state index in [9.17, 15) is 0 Å². The van der Waals surface area contributed by atoms with Crippen molar-refractivity contribution in [2.45, 2.75) is 13.0 Å². The van der Waals surface area contributed by atoms with Crippen LogP contribution in [0.3, 0.4) is 0 Å². The molecule has 1 heterocycles. The molecule has 104 valence electrons. The third-order valence-electron chi connectivity index (χ3n) is 3.40. The van der Waals surface area contributed by atoms with Crippen molar-refractivity contribution >= 4 is 23.1 Å². The average molecular weight is 289 g/mol. The lowest BCUT2D eigenvalue weighted by Crippen LogP contribution is -2.25. The van der Waals surface area contributed by atoms with Crippen LogP contribution in [-0.4, -0.2) is 17.9 Å². The van der Waals surface area contributed by atoms with Gasteiger partial charge in [-0.15, -0.1) is 0 Å². The number of anilines is 1. The molecule has 0 aliphatic carbocycles. The highest BCUT2D eigenvalue weighted by molar-refractivity contribution is 6.30. The molecule has 0 aliphatic heterocycles. The molecule has 0 radical (unpaired) electrons. The number of aromatic nitrogens is 1. The van der Waals surface area contributed by atoms with Crippen molar-refractivity contribution in [3.8, 4) is 0 Å². The van der Waals surface area contributed by atoms with Crippen LogP contribution in [0.15, 0.2) is 42.7 Å². The maximum absolute atomic E-state index is 7.65. The van der Waals surface area contributed by atoms with Crippen molar-refractivity contribution in [3.63, 3.8) is 0 Å². The monoisotopic (exact) mass is 288 g/mol. The summed E-state index contributed by atoms with van der Waals surface area (Å²) in [6.45, 7) is 2.08. The molecule has 0 spiro atoms. The zero-order valence-corrected chi connectivity index (χ0v) is 12.2. The van der Waals surface area contributed by atoms with Crippen LogP contribution in [0.4, 0.5) is 5.69 Å². The van der Waals surface area contributed by atoms with Crippen molar-refractivity contribution in [2.24, 2.45) is 5.73 Å². The minimum absolute atomic E-state index is 0.0394. The Bertz CT molecular complexity index is 610. The van der Waals surface area contributed by atoms with E-state index in [-0.39, 0.29) is 11.9 Å². The molecule has 3 N–H and O–H groups in total. The summed E-state index contributed by atoms with van der Waals surface area (Å²) in [4.78, 5) is 6.17. The zero-order valence-electron chi connectivity index (χ0n) is 11.5. The topological polar surface area (TPSA) is 66.0 Å². The fourth-order valence-corrected chi connectivity index (χ4v) is 2.19. The molecule has 5 heteroatoms. The predicted octanol–water partition coefficient (Wildman–Crippen LogP) is 3.22. The SMILES string of the molecule is CC(c1ccc(Cl)cc1)N(C)c1cnccc1C(=N)N. The van der Waals surface area contributed by atoms with Crippen molar-refractivity contribution in [3.05, 3.63) is 58.9 Å². The van der Waals surface area contributed by atoms with E-state index in [1.807, 2.05) is 36.2 Å². The summed E-state index contributed by atoms with van der Waals surface area (Å²) >= 11 is 5.91. The number of benzene rings is 1. The quantitative estimate of drug-likeness (QED) is 0.670. The molecule has 0 saturated carbocycles. The molecule has 1 atom stereocenters. The fourth-order valence-electron chi connectivity index (χ4n) is 2.07. The third kappa shape index (κ3) is 2.91. The van der Waals surface area contributed by atoms with Gasteiger partial charge in [0.25, 0.3) is 0 Å². The number of nitrogens with zero attached hydrogens (tertiary/aromatic N) is 2. The summed E-state index contributed by atoms with van der Waals surface area (Å²) in [7, 11) is 1.96. The number of halogens is 1. The summed E-state index contributed by atoms with van der Waals surface area (Å²) in [6.07, 6.45) is 3.37. The largest absolute Gasteiger partial charge is 0.384 e. The maximum Gasteiger partial charge on any atom is 0.125 e. The van der Waals surface area contributed by atoms with E-state index in [1.165, 1.54) is 0 Å². The minimum atomic E-state index is 0.0394. The smallest absolute Gasteiger partial charge is 0.125 e. The van der Waals surface area contributed by atoms with Gasteiger partial charge in [0, 0.05) is 23.8 Å². The summed E-state index contributed by atoms with van der Waals surface area (Å²) in [5, 5.41) is 8.37. The van der Waals surface area contributed by atoms with Gasteiger partial charge in [-0.05, 0) is 30.7 Å². The first-order chi connectivity index (χ1) is 9.50. The number of rotatable bonds is 4. The molecular weight excluding hydrogens is 272 g/mol. The van der Waals surface area contributed by atoms with Crippen molar-refractivity contribution in [1.82, 2.24) is 4.98 Å². The third-order valence-corrected chi connectivity index (χ3v) is 3.66. The lowest BCUT2D eigenvalue weighted by atomic mass is 10.1. The molecule has 0 fully saturated rings. The van der Waals surface area contributed by atoms with Crippen LogP contribution in [0.2, 0.25) is 5.02 Å². The standard InChI is InChI=1S/C15H17ClN4/c1-10(11-3-5-12(16)6-4-11)20(2)14-9-19-8-7-13(14)15(17)18/h3-10H,1-2H3,(H3,17,18). The lowest BCUT2D eigenvalue weighted by molar-refractivity contribution is 0.737. The number of nitrogen functional groups attached to an aromatic ring is 1. The summed E-state index contributed by atoms with van der Waals surface area (Å²) < 4.78 is 0. The van der Waals surface area contributed by atoms with Crippen LogP contribution < -0.4 is 10.6 Å². The number of nitrogens with one attached hydrogen (secondary N) is 1. The van der Waals surface area contributed by atoms with Crippen molar-refractivity contribution < 1.29 is 0 Å². The van der Waals surface area contributed by atoms with E-state index < -0.39 is 0 Å².